The highest BCUT2D eigenvalue weighted by molar-refractivity contribution is 5.88. The standard InChI is InChI=1S/C21H23FO3/c1-2-21(25-17-9-13(20(23)24)5-6-16(17)22)10-14-8-15(21)19-12-4-3-11(7-12)18(14)19/h2,5-6,9,11-12,14-15,18-19H,1,3-4,7-8,10H2,(H,23,24). The summed E-state index contributed by atoms with van der Waals surface area (Å²) in [5.74, 6) is 2.71. The van der Waals surface area contributed by atoms with Gasteiger partial charge in [-0.05, 0) is 86.0 Å². The molecule has 25 heavy (non-hydrogen) atoms. The van der Waals surface area contributed by atoms with E-state index in [-0.39, 0.29) is 11.3 Å². The molecule has 0 radical (unpaired) electrons. The molecule has 4 bridgehead atoms. The molecule has 7 unspecified atom stereocenters. The summed E-state index contributed by atoms with van der Waals surface area (Å²) in [6, 6.07) is 3.77. The highest BCUT2D eigenvalue weighted by atomic mass is 19.1. The quantitative estimate of drug-likeness (QED) is 0.646. The zero-order valence-electron chi connectivity index (χ0n) is 14.2. The van der Waals surface area contributed by atoms with Crippen molar-refractivity contribution in [3.05, 3.63) is 42.2 Å². The van der Waals surface area contributed by atoms with Crippen LogP contribution in [0.5, 0.6) is 5.75 Å². The van der Waals surface area contributed by atoms with E-state index in [1.54, 1.807) is 0 Å². The third-order valence-electron chi connectivity index (χ3n) is 7.65. The fourth-order valence-electron chi connectivity index (χ4n) is 6.94. The molecule has 4 heteroatoms. The summed E-state index contributed by atoms with van der Waals surface area (Å²) < 4.78 is 20.5. The molecular formula is C21H23FO3. The van der Waals surface area contributed by atoms with E-state index >= 15 is 0 Å². The number of aromatic carboxylic acids is 1. The first-order chi connectivity index (χ1) is 12.0. The maximum atomic E-state index is 14.3. The molecule has 1 aromatic rings. The Morgan fingerprint density at radius 3 is 2.72 bits per heavy atom. The molecule has 0 heterocycles. The number of hydrogen-bond donors (Lipinski definition) is 1. The van der Waals surface area contributed by atoms with Crippen molar-refractivity contribution in [3.8, 4) is 5.75 Å². The minimum atomic E-state index is -1.07. The molecule has 4 saturated carbocycles. The van der Waals surface area contributed by atoms with Gasteiger partial charge in [0.05, 0.1) is 5.56 Å². The summed E-state index contributed by atoms with van der Waals surface area (Å²) in [6.45, 7) is 4.03. The van der Waals surface area contributed by atoms with Gasteiger partial charge in [-0.1, -0.05) is 6.58 Å². The lowest BCUT2D eigenvalue weighted by atomic mass is 9.65. The van der Waals surface area contributed by atoms with E-state index in [0.29, 0.717) is 17.8 Å². The van der Waals surface area contributed by atoms with Gasteiger partial charge in [0.25, 0.3) is 0 Å². The molecule has 5 rings (SSSR count). The van der Waals surface area contributed by atoms with Crippen LogP contribution >= 0.6 is 0 Å². The number of carbonyl (C=O) groups is 1. The molecule has 7 atom stereocenters. The van der Waals surface area contributed by atoms with E-state index in [2.05, 4.69) is 6.58 Å². The van der Waals surface area contributed by atoms with Crippen LogP contribution in [0, 0.1) is 41.3 Å². The summed E-state index contributed by atoms with van der Waals surface area (Å²) in [6.07, 6.45) is 7.97. The van der Waals surface area contributed by atoms with Gasteiger partial charge in [-0.2, -0.15) is 0 Å². The third kappa shape index (κ3) is 2.00. The molecule has 0 saturated heterocycles. The normalized spacial score (nSPS) is 43.2. The monoisotopic (exact) mass is 342 g/mol. The van der Waals surface area contributed by atoms with Crippen molar-refractivity contribution in [2.75, 3.05) is 0 Å². The van der Waals surface area contributed by atoms with Gasteiger partial charge in [-0.25, -0.2) is 9.18 Å². The predicted octanol–water partition coefficient (Wildman–Crippen LogP) is 4.53. The van der Waals surface area contributed by atoms with Crippen LogP contribution in [0.2, 0.25) is 0 Å². The first kappa shape index (κ1) is 15.4. The van der Waals surface area contributed by atoms with Crippen LogP contribution < -0.4 is 4.74 Å². The zero-order valence-corrected chi connectivity index (χ0v) is 14.2. The third-order valence-corrected chi connectivity index (χ3v) is 7.65. The van der Waals surface area contributed by atoms with E-state index in [9.17, 15) is 14.3 Å². The van der Waals surface area contributed by atoms with Gasteiger partial charge >= 0.3 is 5.97 Å². The van der Waals surface area contributed by atoms with E-state index in [4.69, 9.17) is 4.74 Å². The first-order valence-electron chi connectivity index (χ1n) is 9.38. The minimum absolute atomic E-state index is 0.0482. The lowest BCUT2D eigenvalue weighted by Gasteiger charge is -2.45. The van der Waals surface area contributed by atoms with Gasteiger partial charge in [-0.15, -0.1) is 0 Å². The van der Waals surface area contributed by atoms with Crippen LogP contribution in [0.25, 0.3) is 0 Å². The fourth-order valence-corrected chi connectivity index (χ4v) is 6.94. The van der Waals surface area contributed by atoms with Crippen LogP contribution in [-0.4, -0.2) is 16.7 Å². The zero-order chi connectivity index (χ0) is 17.3. The van der Waals surface area contributed by atoms with Gasteiger partial charge in [0.15, 0.2) is 11.6 Å². The van der Waals surface area contributed by atoms with Gasteiger partial charge in [0.2, 0.25) is 0 Å². The Morgan fingerprint density at radius 1 is 1.24 bits per heavy atom. The van der Waals surface area contributed by atoms with Crippen molar-refractivity contribution < 1.29 is 19.0 Å². The molecule has 1 aromatic carbocycles. The summed E-state index contributed by atoms with van der Waals surface area (Å²) in [4.78, 5) is 11.2. The summed E-state index contributed by atoms with van der Waals surface area (Å²) in [7, 11) is 0. The Labute approximate surface area is 146 Å². The van der Waals surface area contributed by atoms with Gasteiger partial charge in [-0.3, -0.25) is 0 Å². The fraction of sp³-hybridized carbons (Fsp3) is 0.571. The van der Waals surface area contributed by atoms with Crippen molar-refractivity contribution in [2.24, 2.45) is 35.5 Å². The minimum Gasteiger partial charge on any atom is -0.480 e. The molecule has 3 nitrogen and oxygen atoms in total. The van der Waals surface area contributed by atoms with Crippen molar-refractivity contribution >= 4 is 5.97 Å². The number of benzene rings is 1. The molecule has 4 aliphatic carbocycles. The molecule has 1 N–H and O–H groups in total. The van der Waals surface area contributed by atoms with Crippen molar-refractivity contribution in [1.29, 1.82) is 0 Å². The number of hydrogen-bond acceptors (Lipinski definition) is 2. The second-order valence-corrected chi connectivity index (χ2v) is 8.51. The van der Waals surface area contributed by atoms with Crippen LogP contribution in [0.3, 0.4) is 0 Å². The van der Waals surface area contributed by atoms with Gasteiger partial charge < -0.3 is 9.84 Å². The Bertz CT molecular complexity index is 760. The summed E-state index contributed by atoms with van der Waals surface area (Å²) >= 11 is 0. The summed E-state index contributed by atoms with van der Waals surface area (Å²) in [5.41, 5.74) is -0.495. The van der Waals surface area contributed by atoms with Gasteiger partial charge in [0.1, 0.15) is 5.60 Å². The molecular weight excluding hydrogens is 319 g/mol. The molecule has 132 valence electrons. The largest absolute Gasteiger partial charge is 0.480 e. The number of carboxylic acids is 1. The average Bonchev–Trinajstić information content (AvgIpc) is 3.34. The first-order valence-corrected chi connectivity index (χ1v) is 9.38. The van der Waals surface area contributed by atoms with E-state index < -0.39 is 17.4 Å². The smallest absolute Gasteiger partial charge is 0.335 e. The lowest BCUT2D eigenvalue weighted by molar-refractivity contribution is -0.0112. The maximum absolute atomic E-state index is 14.3. The van der Waals surface area contributed by atoms with Crippen LogP contribution in [0.4, 0.5) is 4.39 Å². The average molecular weight is 342 g/mol. The molecule has 0 spiro atoms. The summed E-state index contributed by atoms with van der Waals surface area (Å²) in [5, 5.41) is 9.18. The van der Waals surface area contributed by atoms with Crippen LogP contribution in [-0.2, 0) is 0 Å². The number of halogens is 1. The molecule has 4 fully saturated rings. The maximum Gasteiger partial charge on any atom is 0.335 e. The second-order valence-electron chi connectivity index (χ2n) is 8.51. The predicted molar refractivity (Wildman–Crippen MR) is 90.9 cm³/mol. The SMILES string of the molecule is C=CC1(Oc2cc(C(=O)O)ccc2F)CC2CC1C1C3CCC(C3)C21. The number of fused-ring (bicyclic) bond motifs is 9. The second kappa shape index (κ2) is 5.09. The Hall–Kier alpha value is -1.84. The molecule has 0 aliphatic heterocycles. The Balaban J connectivity index is 1.48. The molecule has 0 amide bonds. The van der Waals surface area contributed by atoms with Crippen molar-refractivity contribution in [2.45, 2.75) is 37.7 Å². The van der Waals surface area contributed by atoms with E-state index in [1.165, 1.54) is 37.5 Å². The Kier molecular flexibility index (Phi) is 3.14. The van der Waals surface area contributed by atoms with Crippen LogP contribution in [0.15, 0.2) is 30.9 Å². The lowest BCUT2D eigenvalue weighted by Crippen LogP contribution is -2.47. The highest BCUT2D eigenvalue weighted by Gasteiger charge is 2.67. The molecule has 0 aromatic heterocycles. The van der Waals surface area contributed by atoms with Crippen LogP contribution in [0.1, 0.15) is 42.5 Å². The Morgan fingerprint density at radius 2 is 2.00 bits per heavy atom. The number of ether oxygens (including phenoxy) is 1. The number of carboxylic acid groups (broad SMARTS) is 1. The van der Waals surface area contributed by atoms with Crippen molar-refractivity contribution in [1.82, 2.24) is 0 Å². The number of rotatable bonds is 4. The topological polar surface area (TPSA) is 46.5 Å². The van der Waals surface area contributed by atoms with E-state index in [1.807, 2.05) is 6.08 Å². The van der Waals surface area contributed by atoms with E-state index in [0.717, 1.165) is 30.6 Å². The van der Waals surface area contributed by atoms with Crippen molar-refractivity contribution in [3.63, 3.8) is 0 Å². The van der Waals surface area contributed by atoms with Gasteiger partial charge in [0, 0.05) is 5.92 Å². The molecule has 4 aliphatic rings. The highest BCUT2D eigenvalue weighted by Crippen LogP contribution is 2.70.